The maximum Gasteiger partial charge on any atom is 0.408 e. The molecule has 1 aromatic carbocycles. The van der Waals surface area contributed by atoms with Crippen LogP contribution in [0.3, 0.4) is 0 Å². The molecule has 1 rings (SSSR count). The minimum atomic E-state index is -4.42. The summed E-state index contributed by atoms with van der Waals surface area (Å²) in [4.78, 5) is 0.491. The van der Waals surface area contributed by atoms with Gasteiger partial charge in [-0.2, -0.15) is 12.0 Å². The zero-order valence-corrected chi connectivity index (χ0v) is 8.56. The van der Waals surface area contributed by atoms with E-state index in [1.165, 1.54) is 6.07 Å². The number of halogens is 1. The van der Waals surface area contributed by atoms with Crippen molar-refractivity contribution >= 4 is 34.0 Å². The molecule has 7 heteroatoms. The van der Waals surface area contributed by atoms with E-state index in [1.54, 1.807) is 18.2 Å². The molecule has 4 nitrogen and oxygen atoms in total. The standard InChI is InChI=1S/C6H5ClO4S2/c7-5-2-1-3-6(4-5)12-11-13(8,9)10/h1-4H,(H,8,9,10). The quantitative estimate of drug-likeness (QED) is 0.648. The molecule has 13 heavy (non-hydrogen) atoms. The molecule has 0 bridgehead atoms. The third-order valence-electron chi connectivity index (χ3n) is 1.01. The lowest BCUT2D eigenvalue weighted by Gasteiger charge is -1.98. The van der Waals surface area contributed by atoms with E-state index in [9.17, 15) is 8.42 Å². The Morgan fingerprint density at radius 3 is 2.69 bits per heavy atom. The Labute approximate surface area is 85.0 Å². The maximum absolute atomic E-state index is 10.2. The van der Waals surface area contributed by atoms with Crippen LogP contribution in [0.2, 0.25) is 5.02 Å². The van der Waals surface area contributed by atoms with Gasteiger partial charge in [0.1, 0.15) is 0 Å². The van der Waals surface area contributed by atoms with Crippen molar-refractivity contribution in [2.75, 3.05) is 0 Å². The van der Waals surface area contributed by atoms with Crippen LogP contribution >= 0.6 is 23.6 Å². The summed E-state index contributed by atoms with van der Waals surface area (Å²) in [6, 6.07) is 6.39. The highest BCUT2D eigenvalue weighted by Gasteiger charge is 2.06. The molecule has 0 aromatic heterocycles. The zero-order valence-electron chi connectivity index (χ0n) is 6.18. The van der Waals surface area contributed by atoms with Gasteiger partial charge in [0.25, 0.3) is 0 Å². The SMILES string of the molecule is O=S(=O)(O)OSc1cccc(Cl)c1. The summed E-state index contributed by atoms with van der Waals surface area (Å²) in [5.41, 5.74) is 0. The molecule has 0 amide bonds. The first-order chi connectivity index (χ1) is 5.97. The van der Waals surface area contributed by atoms with Gasteiger partial charge in [-0.15, -0.1) is 0 Å². The largest absolute Gasteiger partial charge is 0.408 e. The molecule has 0 saturated heterocycles. The second kappa shape index (κ2) is 4.30. The van der Waals surface area contributed by atoms with Crippen molar-refractivity contribution in [3.8, 4) is 0 Å². The highest BCUT2D eigenvalue weighted by molar-refractivity contribution is 8.02. The fraction of sp³-hybridized carbons (Fsp3) is 0. The van der Waals surface area contributed by atoms with Gasteiger partial charge >= 0.3 is 10.4 Å². The van der Waals surface area contributed by atoms with E-state index in [2.05, 4.69) is 3.63 Å². The minimum Gasteiger partial charge on any atom is -0.263 e. The van der Waals surface area contributed by atoms with E-state index < -0.39 is 10.4 Å². The van der Waals surface area contributed by atoms with Crippen LogP contribution in [0.25, 0.3) is 0 Å². The molecule has 0 radical (unpaired) electrons. The van der Waals surface area contributed by atoms with Gasteiger partial charge in [-0.05, 0) is 18.2 Å². The first kappa shape index (κ1) is 10.8. The third kappa shape index (κ3) is 4.49. The molecular formula is C6H5ClO4S2. The molecule has 0 saturated carbocycles. The van der Waals surface area contributed by atoms with Crippen LogP contribution in [-0.4, -0.2) is 13.0 Å². The van der Waals surface area contributed by atoms with Crippen molar-refractivity contribution in [1.82, 2.24) is 0 Å². The molecule has 0 unspecified atom stereocenters. The van der Waals surface area contributed by atoms with Gasteiger partial charge in [0.2, 0.25) is 0 Å². The minimum absolute atomic E-state index is 0.462. The molecule has 0 aliphatic rings. The fourth-order valence-corrected chi connectivity index (χ4v) is 1.82. The Balaban J connectivity index is 2.65. The van der Waals surface area contributed by atoms with Crippen LogP contribution in [-0.2, 0) is 14.0 Å². The van der Waals surface area contributed by atoms with Crippen LogP contribution in [0, 0.1) is 0 Å². The van der Waals surface area contributed by atoms with E-state index in [-0.39, 0.29) is 0 Å². The van der Waals surface area contributed by atoms with Gasteiger partial charge in [0.05, 0.1) is 12.0 Å². The van der Waals surface area contributed by atoms with Crippen molar-refractivity contribution in [2.45, 2.75) is 4.90 Å². The molecule has 1 aromatic rings. The summed E-state index contributed by atoms with van der Waals surface area (Å²) < 4.78 is 32.6. The predicted octanol–water partition coefficient (Wildman–Crippen LogP) is 2.17. The van der Waals surface area contributed by atoms with E-state index in [0.717, 1.165) is 0 Å². The van der Waals surface area contributed by atoms with Crippen LogP contribution in [0.5, 0.6) is 0 Å². The first-order valence-electron chi connectivity index (χ1n) is 3.06. The topological polar surface area (TPSA) is 63.6 Å². The summed E-state index contributed by atoms with van der Waals surface area (Å²) >= 11 is 6.13. The van der Waals surface area contributed by atoms with E-state index in [0.29, 0.717) is 22.0 Å². The fourth-order valence-electron chi connectivity index (χ4n) is 0.601. The lowest BCUT2D eigenvalue weighted by Crippen LogP contribution is -1.96. The van der Waals surface area contributed by atoms with Crippen molar-refractivity contribution in [3.05, 3.63) is 29.3 Å². The monoisotopic (exact) mass is 240 g/mol. The van der Waals surface area contributed by atoms with Crippen LogP contribution in [0.4, 0.5) is 0 Å². The van der Waals surface area contributed by atoms with E-state index in [4.69, 9.17) is 16.2 Å². The Bertz CT molecular complexity index is 389. The zero-order chi connectivity index (χ0) is 9.90. The van der Waals surface area contributed by atoms with Gasteiger partial charge in [0, 0.05) is 9.92 Å². The van der Waals surface area contributed by atoms with Gasteiger partial charge < -0.3 is 0 Å². The second-order valence-electron chi connectivity index (χ2n) is 2.04. The molecule has 0 heterocycles. The highest BCUT2D eigenvalue weighted by atomic mass is 35.5. The van der Waals surface area contributed by atoms with Gasteiger partial charge in [-0.3, -0.25) is 4.55 Å². The number of hydrogen-bond acceptors (Lipinski definition) is 4. The average Bonchev–Trinajstić information content (AvgIpc) is 2.00. The Hall–Kier alpha value is -0.270. The first-order valence-corrected chi connectivity index (χ1v) is 5.55. The van der Waals surface area contributed by atoms with Crippen molar-refractivity contribution < 1.29 is 16.6 Å². The molecule has 0 atom stereocenters. The van der Waals surface area contributed by atoms with Gasteiger partial charge in [-0.25, -0.2) is 0 Å². The molecule has 1 N–H and O–H groups in total. The summed E-state index contributed by atoms with van der Waals surface area (Å²) in [5.74, 6) is 0. The normalized spacial score (nSPS) is 11.5. The molecule has 0 aliphatic heterocycles. The Morgan fingerprint density at radius 2 is 2.15 bits per heavy atom. The smallest absolute Gasteiger partial charge is 0.263 e. The maximum atomic E-state index is 10.2. The van der Waals surface area contributed by atoms with Crippen molar-refractivity contribution in [2.24, 2.45) is 0 Å². The molecule has 0 aliphatic carbocycles. The summed E-state index contributed by atoms with van der Waals surface area (Å²) in [7, 11) is -4.42. The number of benzene rings is 1. The van der Waals surface area contributed by atoms with Crippen LogP contribution in [0.15, 0.2) is 29.2 Å². The van der Waals surface area contributed by atoms with Gasteiger partial charge in [-0.1, -0.05) is 17.7 Å². The summed E-state index contributed by atoms with van der Waals surface area (Å²) in [5, 5.41) is 0.462. The number of hydrogen-bond donors (Lipinski definition) is 1. The average molecular weight is 241 g/mol. The summed E-state index contributed by atoms with van der Waals surface area (Å²) in [6.07, 6.45) is 0. The van der Waals surface area contributed by atoms with E-state index in [1.807, 2.05) is 0 Å². The summed E-state index contributed by atoms with van der Waals surface area (Å²) in [6.45, 7) is 0. The van der Waals surface area contributed by atoms with Gasteiger partial charge in [0.15, 0.2) is 0 Å². The lowest BCUT2D eigenvalue weighted by molar-refractivity contribution is 0.407. The molecule has 0 spiro atoms. The molecule has 0 fully saturated rings. The van der Waals surface area contributed by atoms with Crippen molar-refractivity contribution in [1.29, 1.82) is 0 Å². The predicted molar refractivity (Wildman–Crippen MR) is 49.9 cm³/mol. The highest BCUT2D eigenvalue weighted by Crippen LogP contribution is 2.23. The van der Waals surface area contributed by atoms with Crippen LogP contribution in [0.1, 0.15) is 0 Å². The Kier molecular flexibility index (Phi) is 3.57. The van der Waals surface area contributed by atoms with E-state index >= 15 is 0 Å². The van der Waals surface area contributed by atoms with Crippen LogP contribution < -0.4 is 0 Å². The second-order valence-corrected chi connectivity index (χ2v) is 4.51. The third-order valence-corrected chi connectivity index (χ3v) is 2.65. The molecular weight excluding hydrogens is 236 g/mol. The molecule has 72 valence electrons. The lowest BCUT2D eigenvalue weighted by atomic mass is 10.4. The van der Waals surface area contributed by atoms with Crippen molar-refractivity contribution in [3.63, 3.8) is 0 Å². The number of rotatable bonds is 3. The Morgan fingerprint density at radius 1 is 1.46 bits per heavy atom.